The van der Waals surface area contributed by atoms with Gasteiger partial charge in [-0.25, -0.2) is 4.39 Å². The van der Waals surface area contributed by atoms with Crippen molar-refractivity contribution in [2.24, 2.45) is 0 Å². The Labute approximate surface area is 123 Å². The zero-order valence-corrected chi connectivity index (χ0v) is 12.1. The van der Waals surface area contributed by atoms with E-state index in [4.69, 9.17) is 16.3 Å². The molecule has 20 heavy (non-hydrogen) atoms. The number of anilines is 1. The number of ether oxygens (including phenoxy) is 1. The highest BCUT2D eigenvalue weighted by molar-refractivity contribution is 6.30. The molecule has 0 aliphatic heterocycles. The first-order chi connectivity index (χ1) is 9.69. The molecule has 4 heteroatoms. The van der Waals surface area contributed by atoms with Gasteiger partial charge in [0.05, 0.1) is 11.6 Å². The average Bonchev–Trinajstić information content (AvgIpc) is 2.47. The first kappa shape index (κ1) is 14.7. The lowest BCUT2D eigenvalue weighted by Crippen LogP contribution is -2.01. The molecule has 0 saturated heterocycles. The van der Waals surface area contributed by atoms with Gasteiger partial charge in [0.15, 0.2) is 0 Å². The van der Waals surface area contributed by atoms with E-state index >= 15 is 0 Å². The Morgan fingerprint density at radius 2 is 2.05 bits per heavy atom. The molecule has 0 heterocycles. The van der Waals surface area contributed by atoms with E-state index in [-0.39, 0.29) is 5.02 Å². The van der Waals surface area contributed by atoms with Crippen molar-refractivity contribution in [1.82, 2.24) is 0 Å². The maximum Gasteiger partial charge on any atom is 0.143 e. The molecule has 0 unspecified atom stereocenters. The molecule has 1 N–H and O–H groups in total. The van der Waals surface area contributed by atoms with Crippen LogP contribution in [0.5, 0.6) is 5.75 Å². The molecule has 0 aliphatic rings. The minimum Gasteiger partial charge on any atom is -0.494 e. The van der Waals surface area contributed by atoms with Crippen molar-refractivity contribution in [3.05, 3.63) is 58.9 Å². The maximum absolute atomic E-state index is 13.3. The smallest absolute Gasteiger partial charge is 0.143 e. The summed E-state index contributed by atoms with van der Waals surface area (Å²) in [5.41, 5.74) is 1.78. The molecule has 106 valence electrons. The van der Waals surface area contributed by atoms with E-state index in [0.717, 1.165) is 17.7 Å². The van der Waals surface area contributed by atoms with Gasteiger partial charge in [-0.3, -0.25) is 0 Å². The van der Waals surface area contributed by atoms with Crippen molar-refractivity contribution in [3.63, 3.8) is 0 Å². The van der Waals surface area contributed by atoms with Gasteiger partial charge in [-0.1, -0.05) is 30.7 Å². The maximum atomic E-state index is 13.3. The summed E-state index contributed by atoms with van der Waals surface area (Å²) < 4.78 is 18.9. The van der Waals surface area contributed by atoms with Crippen molar-refractivity contribution in [2.75, 3.05) is 11.9 Å². The lowest BCUT2D eigenvalue weighted by Gasteiger charge is -2.09. The molecule has 2 rings (SSSR count). The van der Waals surface area contributed by atoms with Crippen LogP contribution < -0.4 is 10.1 Å². The molecule has 2 aromatic carbocycles. The van der Waals surface area contributed by atoms with Gasteiger partial charge in [0, 0.05) is 12.2 Å². The average molecular weight is 294 g/mol. The van der Waals surface area contributed by atoms with E-state index in [2.05, 4.69) is 12.2 Å². The number of hydrogen-bond donors (Lipinski definition) is 1. The standard InChI is InChI=1S/C16H17ClFNO/c1-2-8-20-14-5-3-4-12(9-14)11-19-13-6-7-15(17)16(18)10-13/h3-7,9-10,19H,2,8,11H2,1H3. The number of halogens is 2. The van der Waals surface area contributed by atoms with Gasteiger partial charge in [0.25, 0.3) is 0 Å². The van der Waals surface area contributed by atoms with Gasteiger partial charge in [-0.2, -0.15) is 0 Å². The van der Waals surface area contributed by atoms with Crippen LogP contribution in [0.15, 0.2) is 42.5 Å². The van der Waals surface area contributed by atoms with E-state index < -0.39 is 5.82 Å². The predicted molar refractivity (Wildman–Crippen MR) is 81.0 cm³/mol. The highest BCUT2D eigenvalue weighted by Gasteiger charge is 2.01. The van der Waals surface area contributed by atoms with Crippen molar-refractivity contribution in [1.29, 1.82) is 0 Å². The molecule has 2 aromatic rings. The van der Waals surface area contributed by atoms with E-state index in [1.165, 1.54) is 6.07 Å². The number of nitrogens with one attached hydrogen (secondary N) is 1. The van der Waals surface area contributed by atoms with Gasteiger partial charge in [-0.05, 0) is 42.3 Å². The van der Waals surface area contributed by atoms with Crippen LogP contribution in [0.3, 0.4) is 0 Å². The fourth-order valence-electron chi connectivity index (χ4n) is 1.78. The van der Waals surface area contributed by atoms with Crippen molar-refractivity contribution in [2.45, 2.75) is 19.9 Å². The Hall–Kier alpha value is -1.74. The van der Waals surface area contributed by atoms with Crippen molar-refractivity contribution < 1.29 is 9.13 Å². The summed E-state index contributed by atoms with van der Waals surface area (Å²) >= 11 is 5.65. The second-order valence-corrected chi connectivity index (χ2v) is 4.89. The van der Waals surface area contributed by atoms with Crippen LogP contribution in [0, 0.1) is 5.82 Å². The monoisotopic (exact) mass is 293 g/mol. The van der Waals surface area contributed by atoms with Gasteiger partial charge in [0.1, 0.15) is 11.6 Å². The lowest BCUT2D eigenvalue weighted by atomic mass is 10.2. The molecule has 0 radical (unpaired) electrons. The van der Waals surface area contributed by atoms with Crippen LogP contribution >= 0.6 is 11.6 Å². The van der Waals surface area contributed by atoms with Crippen LogP contribution in [-0.4, -0.2) is 6.61 Å². The molecule has 0 fully saturated rings. The minimum absolute atomic E-state index is 0.130. The zero-order valence-electron chi connectivity index (χ0n) is 11.3. The van der Waals surface area contributed by atoms with E-state index in [1.807, 2.05) is 24.3 Å². The van der Waals surface area contributed by atoms with Crippen LogP contribution in [0.25, 0.3) is 0 Å². The quantitative estimate of drug-likeness (QED) is 0.819. The SMILES string of the molecule is CCCOc1cccc(CNc2ccc(Cl)c(F)c2)c1. The molecule has 0 aliphatic carbocycles. The Balaban J connectivity index is 1.97. The molecule has 0 atom stereocenters. The summed E-state index contributed by atoms with van der Waals surface area (Å²) in [7, 11) is 0. The van der Waals surface area contributed by atoms with Gasteiger partial charge in [0.2, 0.25) is 0 Å². The third kappa shape index (κ3) is 4.14. The highest BCUT2D eigenvalue weighted by Crippen LogP contribution is 2.20. The zero-order chi connectivity index (χ0) is 14.4. The fourth-order valence-corrected chi connectivity index (χ4v) is 1.89. The topological polar surface area (TPSA) is 21.3 Å². The van der Waals surface area contributed by atoms with Crippen LogP contribution in [0.4, 0.5) is 10.1 Å². The Morgan fingerprint density at radius 1 is 1.20 bits per heavy atom. The Kier molecular flexibility index (Phi) is 5.24. The van der Waals surface area contributed by atoms with E-state index in [9.17, 15) is 4.39 Å². The molecular weight excluding hydrogens is 277 g/mol. The van der Waals surface area contributed by atoms with Crippen LogP contribution in [-0.2, 0) is 6.54 Å². The second-order valence-electron chi connectivity index (χ2n) is 4.48. The molecule has 0 amide bonds. The van der Waals surface area contributed by atoms with Crippen LogP contribution in [0.2, 0.25) is 5.02 Å². The molecule has 2 nitrogen and oxygen atoms in total. The summed E-state index contributed by atoms with van der Waals surface area (Å²) in [5, 5.41) is 3.29. The summed E-state index contributed by atoms with van der Waals surface area (Å²) in [4.78, 5) is 0. The highest BCUT2D eigenvalue weighted by atomic mass is 35.5. The predicted octanol–water partition coefficient (Wildman–Crippen LogP) is 4.88. The van der Waals surface area contributed by atoms with E-state index in [0.29, 0.717) is 18.8 Å². The summed E-state index contributed by atoms with van der Waals surface area (Å²) in [6.45, 7) is 3.38. The number of hydrogen-bond acceptors (Lipinski definition) is 2. The normalized spacial score (nSPS) is 10.3. The first-order valence-corrected chi connectivity index (χ1v) is 6.97. The van der Waals surface area contributed by atoms with Gasteiger partial charge >= 0.3 is 0 Å². The van der Waals surface area contributed by atoms with Gasteiger partial charge < -0.3 is 10.1 Å². The summed E-state index contributed by atoms with van der Waals surface area (Å²) in [6.07, 6.45) is 0.979. The number of benzene rings is 2. The Bertz CT molecular complexity index is 574. The molecule has 0 spiro atoms. The van der Waals surface area contributed by atoms with Crippen molar-refractivity contribution >= 4 is 17.3 Å². The number of rotatable bonds is 6. The van der Waals surface area contributed by atoms with E-state index in [1.54, 1.807) is 12.1 Å². The van der Waals surface area contributed by atoms with Gasteiger partial charge in [-0.15, -0.1) is 0 Å². The molecule has 0 saturated carbocycles. The Morgan fingerprint density at radius 3 is 2.80 bits per heavy atom. The first-order valence-electron chi connectivity index (χ1n) is 6.59. The second kappa shape index (κ2) is 7.15. The minimum atomic E-state index is -0.420. The molecule has 0 aromatic heterocycles. The largest absolute Gasteiger partial charge is 0.494 e. The summed E-state index contributed by atoms with van der Waals surface area (Å²) in [6, 6.07) is 12.5. The third-order valence-electron chi connectivity index (χ3n) is 2.79. The third-order valence-corrected chi connectivity index (χ3v) is 3.09. The lowest BCUT2D eigenvalue weighted by molar-refractivity contribution is 0.317. The fraction of sp³-hybridized carbons (Fsp3) is 0.250. The van der Waals surface area contributed by atoms with Crippen LogP contribution in [0.1, 0.15) is 18.9 Å². The summed E-state index contributed by atoms with van der Waals surface area (Å²) in [5.74, 6) is 0.435. The van der Waals surface area contributed by atoms with Crippen molar-refractivity contribution in [3.8, 4) is 5.75 Å². The molecular formula is C16H17ClFNO. The molecule has 0 bridgehead atoms.